The Hall–Kier alpha value is -3.30. The largest absolute Gasteiger partial charge is 0.465 e. The predicted octanol–water partition coefficient (Wildman–Crippen LogP) is 3.44. The van der Waals surface area contributed by atoms with Crippen LogP contribution in [0.3, 0.4) is 0 Å². The van der Waals surface area contributed by atoms with Crippen LogP contribution in [0.2, 0.25) is 0 Å². The summed E-state index contributed by atoms with van der Waals surface area (Å²) in [7, 11) is 1.26. The lowest BCUT2D eigenvalue weighted by atomic mass is 10.1. The normalized spacial score (nSPS) is 11.5. The number of benzene rings is 2. The maximum absolute atomic E-state index is 13.0. The standard InChI is InChI=1S/C23H24N2O6S/c1-4-30-13-12-25-18-11-10-15(21(27)31-5-2)14-19(18)32-23(25)24-20(26)16-8-6-7-9-17(16)22(28)29-3/h6-11,14H,4-5,12-13H2,1-3H3. The van der Waals surface area contributed by atoms with Gasteiger partial charge in [0.05, 0.1) is 47.2 Å². The fourth-order valence-electron chi connectivity index (χ4n) is 3.12. The first kappa shape index (κ1) is 23.4. The smallest absolute Gasteiger partial charge is 0.338 e. The Morgan fingerprint density at radius 2 is 1.75 bits per heavy atom. The van der Waals surface area contributed by atoms with Gasteiger partial charge in [-0.2, -0.15) is 4.99 Å². The van der Waals surface area contributed by atoms with E-state index in [-0.39, 0.29) is 17.7 Å². The van der Waals surface area contributed by atoms with Gasteiger partial charge < -0.3 is 18.8 Å². The fraction of sp³-hybridized carbons (Fsp3) is 0.304. The van der Waals surface area contributed by atoms with E-state index in [1.807, 2.05) is 11.5 Å². The summed E-state index contributed by atoms with van der Waals surface area (Å²) in [6.07, 6.45) is 0. The Morgan fingerprint density at radius 1 is 1.00 bits per heavy atom. The molecule has 3 rings (SSSR count). The zero-order valence-corrected chi connectivity index (χ0v) is 18.9. The summed E-state index contributed by atoms with van der Waals surface area (Å²) in [4.78, 5) is 41.9. The summed E-state index contributed by atoms with van der Waals surface area (Å²) in [5.74, 6) is -1.58. The molecule has 9 heteroatoms. The Balaban J connectivity index is 2.10. The molecule has 1 heterocycles. The number of esters is 2. The number of amides is 1. The van der Waals surface area contributed by atoms with Gasteiger partial charge >= 0.3 is 11.9 Å². The summed E-state index contributed by atoms with van der Waals surface area (Å²) >= 11 is 1.27. The molecular weight excluding hydrogens is 432 g/mol. The van der Waals surface area contributed by atoms with Crippen LogP contribution >= 0.6 is 11.3 Å². The monoisotopic (exact) mass is 456 g/mol. The number of hydrogen-bond donors (Lipinski definition) is 0. The molecule has 0 bridgehead atoms. The Labute approximate surface area is 189 Å². The average molecular weight is 457 g/mol. The number of nitrogens with zero attached hydrogens (tertiary/aromatic N) is 2. The first-order chi connectivity index (χ1) is 15.5. The lowest BCUT2D eigenvalue weighted by molar-refractivity contribution is 0.0525. The van der Waals surface area contributed by atoms with Gasteiger partial charge in [0.1, 0.15) is 0 Å². The third-order valence-electron chi connectivity index (χ3n) is 4.62. The van der Waals surface area contributed by atoms with Crippen molar-refractivity contribution < 1.29 is 28.6 Å². The summed E-state index contributed by atoms with van der Waals surface area (Å²) < 4.78 is 18.0. The second-order valence-corrected chi connectivity index (χ2v) is 7.60. The second-order valence-electron chi connectivity index (χ2n) is 6.59. The predicted molar refractivity (Wildman–Crippen MR) is 120 cm³/mol. The molecule has 0 aliphatic heterocycles. The van der Waals surface area contributed by atoms with Crippen LogP contribution in [-0.4, -0.2) is 49.3 Å². The molecule has 1 amide bonds. The highest BCUT2D eigenvalue weighted by atomic mass is 32.1. The van der Waals surface area contributed by atoms with Gasteiger partial charge in [-0.3, -0.25) is 4.79 Å². The highest BCUT2D eigenvalue weighted by Crippen LogP contribution is 2.20. The summed E-state index contributed by atoms with van der Waals surface area (Å²) in [5, 5.41) is 0. The first-order valence-corrected chi connectivity index (χ1v) is 11.0. The molecule has 0 saturated heterocycles. The van der Waals surface area contributed by atoms with Crippen molar-refractivity contribution in [1.29, 1.82) is 0 Å². The van der Waals surface area contributed by atoms with Crippen molar-refractivity contribution in [3.8, 4) is 0 Å². The van der Waals surface area contributed by atoms with Crippen LogP contribution in [0.1, 0.15) is 44.9 Å². The third-order valence-corrected chi connectivity index (χ3v) is 5.66. The topological polar surface area (TPSA) is 96.2 Å². The van der Waals surface area contributed by atoms with Gasteiger partial charge in [-0.1, -0.05) is 23.5 Å². The molecule has 0 fully saturated rings. The molecule has 0 unspecified atom stereocenters. The minimum Gasteiger partial charge on any atom is -0.465 e. The number of carbonyl (C=O) groups excluding carboxylic acids is 3. The lowest BCUT2D eigenvalue weighted by Crippen LogP contribution is -2.20. The van der Waals surface area contributed by atoms with E-state index in [4.69, 9.17) is 14.2 Å². The van der Waals surface area contributed by atoms with E-state index in [0.29, 0.717) is 30.1 Å². The van der Waals surface area contributed by atoms with Gasteiger partial charge in [0, 0.05) is 13.2 Å². The summed E-state index contributed by atoms with van der Waals surface area (Å²) in [6.45, 7) is 5.40. The third kappa shape index (κ3) is 5.12. The maximum atomic E-state index is 13.0. The number of ether oxygens (including phenoxy) is 3. The van der Waals surface area contributed by atoms with Crippen molar-refractivity contribution in [2.24, 2.45) is 4.99 Å². The number of thiazole rings is 1. The first-order valence-electron chi connectivity index (χ1n) is 10.1. The summed E-state index contributed by atoms with van der Waals surface area (Å²) in [5.41, 5.74) is 1.54. The Bertz CT molecular complexity index is 1210. The van der Waals surface area contributed by atoms with Crippen LogP contribution in [0.25, 0.3) is 10.2 Å². The van der Waals surface area contributed by atoms with Gasteiger partial charge in [0.15, 0.2) is 4.80 Å². The molecule has 0 aliphatic carbocycles. The molecule has 0 saturated carbocycles. The molecular formula is C23H24N2O6S. The van der Waals surface area contributed by atoms with E-state index in [1.54, 1.807) is 37.3 Å². The molecule has 0 spiro atoms. The molecule has 0 N–H and O–H groups in total. The Morgan fingerprint density at radius 3 is 2.44 bits per heavy atom. The molecule has 0 aliphatic rings. The molecule has 2 aromatic carbocycles. The maximum Gasteiger partial charge on any atom is 0.338 e. The highest BCUT2D eigenvalue weighted by Gasteiger charge is 2.18. The second kappa shape index (κ2) is 10.8. The zero-order chi connectivity index (χ0) is 23.1. The van der Waals surface area contributed by atoms with Crippen LogP contribution in [0.15, 0.2) is 47.5 Å². The fourth-order valence-corrected chi connectivity index (χ4v) is 4.21. The zero-order valence-electron chi connectivity index (χ0n) is 18.1. The minimum atomic E-state index is -0.608. The number of aromatic nitrogens is 1. The minimum absolute atomic E-state index is 0.148. The highest BCUT2D eigenvalue weighted by molar-refractivity contribution is 7.16. The molecule has 8 nitrogen and oxygen atoms in total. The molecule has 168 valence electrons. The van der Waals surface area contributed by atoms with Crippen molar-refractivity contribution in [2.45, 2.75) is 20.4 Å². The van der Waals surface area contributed by atoms with E-state index in [1.165, 1.54) is 30.6 Å². The quantitative estimate of drug-likeness (QED) is 0.381. The van der Waals surface area contributed by atoms with Crippen LogP contribution < -0.4 is 4.80 Å². The molecule has 32 heavy (non-hydrogen) atoms. The van der Waals surface area contributed by atoms with E-state index in [9.17, 15) is 14.4 Å². The van der Waals surface area contributed by atoms with E-state index < -0.39 is 17.8 Å². The average Bonchev–Trinajstić information content (AvgIpc) is 3.15. The number of carbonyl (C=O) groups is 3. The van der Waals surface area contributed by atoms with Crippen LogP contribution in [0.5, 0.6) is 0 Å². The van der Waals surface area contributed by atoms with Crippen molar-refractivity contribution in [2.75, 3.05) is 26.9 Å². The van der Waals surface area contributed by atoms with E-state index in [2.05, 4.69) is 4.99 Å². The number of methoxy groups -OCH3 is 1. The van der Waals surface area contributed by atoms with Crippen molar-refractivity contribution in [1.82, 2.24) is 4.57 Å². The lowest BCUT2D eigenvalue weighted by Gasteiger charge is -2.07. The van der Waals surface area contributed by atoms with Gasteiger partial charge in [-0.25, -0.2) is 9.59 Å². The van der Waals surface area contributed by atoms with Crippen molar-refractivity contribution in [3.05, 3.63) is 64.0 Å². The van der Waals surface area contributed by atoms with E-state index >= 15 is 0 Å². The molecule has 0 radical (unpaired) electrons. The molecule has 3 aromatic rings. The van der Waals surface area contributed by atoms with Gasteiger partial charge in [-0.05, 0) is 44.2 Å². The number of hydrogen-bond acceptors (Lipinski definition) is 7. The van der Waals surface area contributed by atoms with Crippen LogP contribution in [-0.2, 0) is 20.8 Å². The van der Waals surface area contributed by atoms with Crippen LogP contribution in [0, 0.1) is 0 Å². The van der Waals surface area contributed by atoms with Crippen molar-refractivity contribution >= 4 is 39.4 Å². The molecule has 0 atom stereocenters. The van der Waals surface area contributed by atoms with E-state index in [0.717, 1.165) is 10.2 Å². The number of rotatable bonds is 8. The van der Waals surface area contributed by atoms with Crippen molar-refractivity contribution in [3.63, 3.8) is 0 Å². The SMILES string of the molecule is CCOCCn1c(=NC(=O)c2ccccc2C(=O)OC)sc2cc(C(=O)OCC)ccc21. The van der Waals surface area contributed by atoms with Gasteiger partial charge in [0.25, 0.3) is 5.91 Å². The summed E-state index contributed by atoms with van der Waals surface area (Å²) in [6, 6.07) is 11.6. The van der Waals surface area contributed by atoms with Gasteiger partial charge in [0.2, 0.25) is 0 Å². The van der Waals surface area contributed by atoms with Crippen LogP contribution in [0.4, 0.5) is 0 Å². The Kier molecular flexibility index (Phi) is 7.91. The molecule has 1 aromatic heterocycles. The van der Waals surface area contributed by atoms with Gasteiger partial charge in [-0.15, -0.1) is 0 Å². The number of fused-ring (bicyclic) bond motifs is 1.